The lowest BCUT2D eigenvalue weighted by molar-refractivity contribution is -0.117. The predicted octanol–water partition coefficient (Wildman–Crippen LogP) is 5.95. The number of aromatic nitrogens is 1. The third-order valence-electron chi connectivity index (χ3n) is 5.22. The molecule has 0 saturated carbocycles. The first-order chi connectivity index (χ1) is 18.8. The van der Waals surface area contributed by atoms with Gasteiger partial charge in [-0.15, -0.1) is 0 Å². The van der Waals surface area contributed by atoms with E-state index in [1.165, 1.54) is 18.3 Å². The minimum absolute atomic E-state index is 0.0422. The van der Waals surface area contributed by atoms with E-state index in [4.69, 9.17) is 16.3 Å². The van der Waals surface area contributed by atoms with Crippen LogP contribution in [0, 0.1) is 6.92 Å². The van der Waals surface area contributed by atoms with Gasteiger partial charge >= 0.3 is 6.03 Å². The Balaban J connectivity index is 1.27. The van der Waals surface area contributed by atoms with Gasteiger partial charge in [-0.05, 0) is 73.2 Å². The highest BCUT2D eigenvalue weighted by atomic mass is 35.5. The molecular weight excluding hydrogens is 518 g/mol. The lowest BCUT2D eigenvalue weighted by Gasteiger charge is -2.10. The second-order valence-electron chi connectivity index (χ2n) is 8.28. The van der Waals surface area contributed by atoms with Crippen LogP contribution in [0.25, 0.3) is 6.08 Å². The van der Waals surface area contributed by atoms with E-state index in [-0.39, 0.29) is 11.7 Å². The average Bonchev–Trinajstić information content (AvgIpc) is 2.94. The van der Waals surface area contributed by atoms with Gasteiger partial charge in [0.25, 0.3) is 11.8 Å². The Bertz CT molecular complexity index is 1490. The van der Waals surface area contributed by atoms with Crippen LogP contribution < -0.4 is 26.2 Å². The molecule has 1 heterocycles. The van der Waals surface area contributed by atoms with E-state index in [1.54, 1.807) is 60.7 Å². The molecule has 4 amide bonds. The zero-order valence-electron chi connectivity index (χ0n) is 20.8. The van der Waals surface area contributed by atoms with E-state index >= 15 is 0 Å². The number of rotatable bonds is 7. The molecule has 4 rings (SSSR count). The fourth-order valence-electron chi connectivity index (χ4n) is 3.24. The van der Waals surface area contributed by atoms with E-state index in [1.807, 2.05) is 31.2 Å². The third-order valence-corrected chi connectivity index (χ3v) is 5.47. The Morgan fingerprint density at radius 1 is 0.795 bits per heavy atom. The lowest BCUT2D eigenvalue weighted by Crippen LogP contribution is -2.41. The third kappa shape index (κ3) is 8.44. The number of nitrogens with zero attached hydrogens (tertiary/aromatic N) is 1. The summed E-state index contributed by atoms with van der Waals surface area (Å²) in [5.74, 6) is -0.292. The molecule has 0 unspecified atom stereocenters. The van der Waals surface area contributed by atoms with Gasteiger partial charge in [0.1, 0.15) is 17.2 Å². The molecule has 0 bridgehead atoms. The number of hydrazine groups is 1. The van der Waals surface area contributed by atoms with Crippen molar-refractivity contribution < 1.29 is 19.1 Å². The van der Waals surface area contributed by atoms with Gasteiger partial charge in [-0.3, -0.25) is 25.4 Å². The van der Waals surface area contributed by atoms with Crippen molar-refractivity contribution in [3.05, 3.63) is 119 Å². The number of halogens is 1. The normalized spacial score (nSPS) is 10.5. The summed E-state index contributed by atoms with van der Waals surface area (Å²) >= 11 is 5.84. The number of ether oxygens (including phenoxy) is 1. The van der Waals surface area contributed by atoms with Crippen molar-refractivity contribution in [1.82, 2.24) is 15.8 Å². The SMILES string of the molecule is Cc1ccc(NC(=O)Nc2ccc(Oc3ccnc(C(=O)NNC(=O)/C=C/c4ccc(Cl)cc4)c3)cc2)cc1. The van der Waals surface area contributed by atoms with Crippen molar-refractivity contribution in [2.75, 3.05) is 10.6 Å². The summed E-state index contributed by atoms with van der Waals surface area (Å²) in [6.45, 7) is 1.97. The van der Waals surface area contributed by atoms with Gasteiger partial charge < -0.3 is 15.4 Å². The fraction of sp³-hybridized carbons (Fsp3) is 0.0345. The van der Waals surface area contributed by atoms with Gasteiger partial charge in [0.05, 0.1) is 0 Å². The van der Waals surface area contributed by atoms with Crippen LogP contribution in [-0.2, 0) is 4.79 Å². The van der Waals surface area contributed by atoms with Gasteiger partial charge in [-0.25, -0.2) is 4.79 Å². The van der Waals surface area contributed by atoms with Crippen molar-refractivity contribution in [1.29, 1.82) is 0 Å². The Kier molecular flexibility index (Phi) is 8.89. The van der Waals surface area contributed by atoms with Gasteiger partial charge in [-0.2, -0.15) is 0 Å². The molecule has 0 radical (unpaired) electrons. The maximum Gasteiger partial charge on any atom is 0.323 e. The Hall–Kier alpha value is -5.15. The number of anilines is 2. The molecule has 0 aliphatic carbocycles. The standard InChI is InChI=1S/C29H24ClN5O4/c1-19-2-9-22(10-3-19)32-29(38)33-23-11-13-24(14-12-23)39-25-16-17-31-26(18-25)28(37)35-34-27(36)15-6-20-4-7-21(30)8-5-20/h2-18H,1H3,(H,34,36)(H,35,37)(H2,32,33,38)/b15-6+. The van der Waals surface area contributed by atoms with E-state index < -0.39 is 11.8 Å². The van der Waals surface area contributed by atoms with Crippen LogP contribution in [0.1, 0.15) is 21.6 Å². The minimum atomic E-state index is -0.618. The summed E-state index contributed by atoms with van der Waals surface area (Å²) in [7, 11) is 0. The monoisotopic (exact) mass is 541 g/mol. The summed E-state index contributed by atoms with van der Waals surface area (Å²) in [6, 6.07) is 23.8. The number of hydrogen-bond donors (Lipinski definition) is 4. The topological polar surface area (TPSA) is 121 Å². The quantitative estimate of drug-likeness (QED) is 0.170. The smallest absolute Gasteiger partial charge is 0.323 e. The highest BCUT2D eigenvalue weighted by Crippen LogP contribution is 2.23. The Morgan fingerprint density at radius 3 is 2.10 bits per heavy atom. The van der Waals surface area contributed by atoms with Crippen molar-refractivity contribution in [2.24, 2.45) is 0 Å². The van der Waals surface area contributed by atoms with E-state index in [9.17, 15) is 14.4 Å². The highest BCUT2D eigenvalue weighted by molar-refractivity contribution is 6.30. The first kappa shape index (κ1) is 26.9. The molecule has 10 heteroatoms. The second-order valence-corrected chi connectivity index (χ2v) is 8.71. The Labute approximate surface area is 229 Å². The van der Waals surface area contributed by atoms with E-state index in [0.29, 0.717) is 27.9 Å². The van der Waals surface area contributed by atoms with Crippen LogP contribution in [0.2, 0.25) is 5.02 Å². The van der Waals surface area contributed by atoms with Crippen LogP contribution in [0.5, 0.6) is 11.5 Å². The molecule has 0 fully saturated rings. The molecule has 0 aliphatic rings. The largest absolute Gasteiger partial charge is 0.457 e. The number of carbonyl (C=O) groups excluding carboxylic acids is 3. The van der Waals surface area contributed by atoms with Gasteiger partial charge in [0.15, 0.2) is 0 Å². The van der Waals surface area contributed by atoms with Crippen molar-refractivity contribution in [3.8, 4) is 11.5 Å². The zero-order valence-corrected chi connectivity index (χ0v) is 21.5. The number of pyridine rings is 1. The molecule has 4 N–H and O–H groups in total. The number of benzene rings is 3. The molecule has 0 spiro atoms. The summed E-state index contributed by atoms with van der Waals surface area (Å²) in [4.78, 5) is 40.7. The highest BCUT2D eigenvalue weighted by Gasteiger charge is 2.10. The molecule has 0 atom stereocenters. The maximum atomic E-state index is 12.4. The summed E-state index contributed by atoms with van der Waals surface area (Å²) in [5, 5.41) is 6.11. The fourth-order valence-corrected chi connectivity index (χ4v) is 3.37. The second kappa shape index (κ2) is 12.9. The van der Waals surface area contributed by atoms with Crippen LogP contribution in [0.3, 0.4) is 0 Å². The molecule has 4 aromatic rings. The summed E-state index contributed by atoms with van der Waals surface area (Å²) in [5.41, 5.74) is 7.78. The molecule has 0 saturated heterocycles. The van der Waals surface area contributed by atoms with E-state index in [0.717, 1.165) is 11.1 Å². The molecule has 39 heavy (non-hydrogen) atoms. The molecule has 9 nitrogen and oxygen atoms in total. The number of amides is 4. The number of hydrogen-bond acceptors (Lipinski definition) is 5. The van der Waals surface area contributed by atoms with Crippen molar-refractivity contribution in [3.63, 3.8) is 0 Å². The van der Waals surface area contributed by atoms with Crippen molar-refractivity contribution >= 4 is 46.9 Å². The zero-order chi connectivity index (χ0) is 27.6. The molecule has 0 aliphatic heterocycles. The van der Waals surface area contributed by atoms with Crippen LogP contribution >= 0.6 is 11.6 Å². The van der Waals surface area contributed by atoms with Crippen molar-refractivity contribution in [2.45, 2.75) is 6.92 Å². The van der Waals surface area contributed by atoms with Gasteiger partial charge in [-0.1, -0.05) is 41.4 Å². The van der Waals surface area contributed by atoms with Gasteiger partial charge in [0, 0.05) is 34.7 Å². The summed E-state index contributed by atoms with van der Waals surface area (Å²) < 4.78 is 5.80. The average molecular weight is 542 g/mol. The number of urea groups is 1. The molecule has 196 valence electrons. The van der Waals surface area contributed by atoms with E-state index in [2.05, 4.69) is 26.5 Å². The predicted molar refractivity (Wildman–Crippen MR) is 151 cm³/mol. The molecular formula is C29H24ClN5O4. The molecule has 3 aromatic carbocycles. The lowest BCUT2D eigenvalue weighted by atomic mass is 10.2. The number of aryl methyl sites for hydroxylation is 1. The number of nitrogens with one attached hydrogen (secondary N) is 4. The van der Waals surface area contributed by atoms with Crippen LogP contribution in [0.4, 0.5) is 16.2 Å². The Morgan fingerprint density at radius 2 is 1.44 bits per heavy atom. The number of carbonyl (C=O) groups is 3. The van der Waals surface area contributed by atoms with Gasteiger partial charge in [0.2, 0.25) is 0 Å². The van der Waals surface area contributed by atoms with Crippen LogP contribution in [-0.4, -0.2) is 22.8 Å². The first-order valence-corrected chi connectivity index (χ1v) is 12.1. The minimum Gasteiger partial charge on any atom is -0.457 e. The summed E-state index contributed by atoms with van der Waals surface area (Å²) in [6.07, 6.45) is 4.28. The molecule has 1 aromatic heterocycles. The van der Waals surface area contributed by atoms with Crippen LogP contribution in [0.15, 0.2) is 97.2 Å². The first-order valence-electron chi connectivity index (χ1n) is 11.8. The maximum absolute atomic E-state index is 12.4.